The lowest BCUT2D eigenvalue weighted by atomic mass is 9.92. The van der Waals surface area contributed by atoms with Gasteiger partial charge in [0, 0.05) is 51.0 Å². The van der Waals surface area contributed by atoms with Gasteiger partial charge in [-0.1, -0.05) is 0 Å². The van der Waals surface area contributed by atoms with E-state index in [-0.39, 0.29) is 18.4 Å². The van der Waals surface area contributed by atoms with Gasteiger partial charge in [-0.05, 0) is 11.6 Å². The first-order chi connectivity index (χ1) is 10.8. The number of hydrogen-bond donors (Lipinski definition) is 2. The van der Waals surface area contributed by atoms with Gasteiger partial charge < -0.3 is 15.0 Å². The van der Waals surface area contributed by atoms with Crippen molar-refractivity contribution in [2.24, 2.45) is 13.0 Å². The summed E-state index contributed by atoms with van der Waals surface area (Å²) in [5.41, 5.74) is 2.01. The molecular weight excluding hydrogens is 280 g/mol. The molecule has 0 bridgehead atoms. The van der Waals surface area contributed by atoms with Crippen molar-refractivity contribution in [2.45, 2.75) is 5.92 Å². The summed E-state index contributed by atoms with van der Waals surface area (Å²) < 4.78 is 1.81. The summed E-state index contributed by atoms with van der Waals surface area (Å²) in [4.78, 5) is 14.0. The van der Waals surface area contributed by atoms with Gasteiger partial charge in [-0.2, -0.15) is 5.10 Å². The van der Waals surface area contributed by atoms with Gasteiger partial charge in [0.05, 0.1) is 11.6 Å². The number of fused-ring (bicyclic) bond motifs is 1. The van der Waals surface area contributed by atoms with Crippen LogP contribution in [-0.2, 0) is 7.05 Å². The number of aromatic amines is 1. The predicted octanol–water partition coefficient (Wildman–Crippen LogP) is 0.904. The molecule has 1 saturated heterocycles. The summed E-state index contributed by atoms with van der Waals surface area (Å²) in [6.07, 6.45) is 7.38. The molecule has 1 aliphatic rings. The molecule has 0 amide bonds. The van der Waals surface area contributed by atoms with E-state index in [4.69, 9.17) is 0 Å². The normalized spacial score (nSPS) is 21.8. The van der Waals surface area contributed by atoms with Gasteiger partial charge in [0.15, 0.2) is 0 Å². The van der Waals surface area contributed by atoms with Crippen LogP contribution in [0.5, 0.6) is 0 Å². The van der Waals surface area contributed by atoms with Crippen LogP contribution in [0.25, 0.3) is 11.0 Å². The van der Waals surface area contributed by atoms with Crippen molar-refractivity contribution >= 4 is 16.9 Å². The van der Waals surface area contributed by atoms with E-state index in [1.54, 1.807) is 6.33 Å². The average molecular weight is 298 g/mol. The maximum Gasteiger partial charge on any atom is 0.142 e. The molecular formula is C15H18N6O. The SMILES string of the molecule is Cn1cc([C@@H]2CN(c3ncnc4[nH]ccc34)C[C@H]2CO)cn1. The highest BCUT2D eigenvalue weighted by molar-refractivity contribution is 5.87. The smallest absolute Gasteiger partial charge is 0.142 e. The standard InChI is InChI=1S/C15H18N6O/c1-20-5-10(4-19-20)13-7-21(6-11(13)8-22)15-12-2-3-16-14(12)17-9-18-15/h2-5,9,11,13,22H,6-8H2,1H3,(H,16,17,18)/t11-,13-/m0/s1. The molecule has 22 heavy (non-hydrogen) atoms. The molecule has 3 aromatic rings. The van der Waals surface area contributed by atoms with E-state index in [0.29, 0.717) is 0 Å². The Balaban J connectivity index is 1.68. The van der Waals surface area contributed by atoms with E-state index in [1.165, 1.54) is 5.56 Å². The number of aromatic nitrogens is 5. The van der Waals surface area contributed by atoms with Gasteiger partial charge in [-0.15, -0.1) is 0 Å². The highest BCUT2D eigenvalue weighted by atomic mass is 16.3. The van der Waals surface area contributed by atoms with Gasteiger partial charge in [0.25, 0.3) is 0 Å². The van der Waals surface area contributed by atoms with Crippen molar-refractivity contribution in [3.05, 3.63) is 36.5 Å². The number of aryl methyl sites for hydroxylation is 1. The minimum atomic E-state index is 0.164. The van der Waals surface area contributed by atoms with Gasteiger partial charge in [0.1, 0.15) is 17.8 Å². The number of hydrogen-bond acceptors (Lipinski definition) is 5. The predicted molar refractivity (Wildman–Crippen MR) is 82.6 cm³/mol. The maximum atomic E-state index is 9.75. The highest BCUT2D eigenvalue weighted by Gasteiger charge is 2.35. The van der Waals surface area contributed by atoms with Crippen LogP contribution < -0.4 is 4.90 Å². The molecule has 2 atom stereocenters. The lowest BCUT2D eigenvalue weighted by Crippen LogP contribution is -2.21. The van der Waals surface area contributed by atoms with Crippen molar-refractivity contribution in [3.63, 3.8) is 0 Å². The number of nitrogens with one attached hydrogen (secondary N) is 1. The first-order valence-corrected chi connectivity index (χ1v) is 7.38. The largest absolute Gasteiger partial charge is 0.396 e. The molecule has 4 heterocycles. The molecule has 1 fully saturated rings. The second-order valence-electron chi connectivity index (χ2n) is 5.84. The Labute approximate surface area is 127 Å². The topological polar surface area (TPSA) is 82.9 Å². The summed E-state index contributed by atoms with van der Waals surface area (Å²) in [6, 6.07) is 2.00. The zero-order chi connectivity index (χ0) is 15.1. The molecule has 0 unspecified atom stereocenters. The third kappa shape index (κ3) is 2.05. The molecule has 0 saturated carbocycles. The Kier molecular flexibility index (Phi) is 3.07. The van der Waals surface area contributed by atoms with Gasteiger partial charge in [0.2, 0.25) is 0 Å². The molecule has 0 aliphatic carbocycles. The van der Waals surface area contributed by atoms with E-state index in [9.17, 15) is 5.11 Å². The summed E-state index contributed by atoms with van der Waals surface area (Å²) >= 11 is 0. The van der Waals surface area contributed by atoms with Gasteiger partial charge in [-0.3, -0.25) is 4.68 Å². The van der Waals surface area contributed by atoms with Crippen molar-refractivity contribution in [1.29, 1.82) is 0 Å². The Hall–Kier alpha value is -2.41. The summed E-state index contributed by atoms with van der Waals surface area (Å²) in [7, 11) is 1.91. The van der Waals surface area contributed by atoms with Crippen LogP contribution in [0.15, 0.2) is 31.0 Å². The molecule has 0 aromatic carbocycles. The quantitative estimate of drug-likeness (QED) is 0.751. The van der Waals surface area contributed by atoms with E-state index in [0.717, 1.165) is 29.9 Å². The molecule has 4 rings (SSSR count). The summed E-state index contributed by atoms with van der Waals surface area (Å²) in [5.74, 6) is 1.38. The fourth-order valence-electron chi connectivity index (χ4n) is 3.35. The lowest BCUT2D eigenvalue weighted by Gasteiger charge is -2.17. The van der Waals surface area contributed by atoms with E-state index >= 15 is 0 Å². The first kappa shape index (κ1) is 13.3. The second-order valence-corrected chi connectivity index (χ2v) is 5.84. The molecule has 2 N–H and O–H groups in total. The monoisotopic (exact) mass is 298 g/mol. The zero-order valence-corrected chi connectivity index (χ0v) is 12.3. The highest BCUT2D eigenvalue weighted by Crippen LogP contribution is 2.36. The first-order valence-electron chi connectivity index (χ1n) is 7.38. The Bertz CT molecular complexity index is 794. The van der Waals surface area contributed by atoms with Crippen LogP contribution in [0.1, 0.15) is 11.5 Å². The third-order valence-corrected chi connectivity index (χ3v) is 4.46. The van der Waals surface area contributed by atoms with Crippen LogP contribution in [0.3, 0.4) is 0 Å². The number of aliphatic hydroxyl groups is 1. The second kappa shape index (κ2) is 5.10. The molecule has 1 aliphatic heterocycles. The Morgan fingerprint density at radius 2 is 2.27 bits per heavy atom. The Morgan fingerprint density at radius 1 is 1.36 bits per heavy atom. The van der Waals surface area contributed by atoms with Crippen molar-refractivity contribution in [1.82, 2.24) is 24.7 Å². The fourth-order valence-corrected chi connectivity index (χ4v) is 3.35. The van der Waals surface area contributed by atoms with Crippen LogP contribution >= 0.6 is 0 Å². The molecule has 114 valence electrons. The van der Waals surface area contributed by atoms with Crippen molar-refractivity contribution in [2.75, 3.05) is 24.6 Å². The van der Waals surface area contributed by atoms with Crippen LogP contribution in [0.4, 0.5) is 5.82 Å². The average Bonchev–Trinajstić information content (AvgIpc) is 3.24. The number of rotatable bonds is 3. The fraction of sp³-hybridized carbons (Fsp3) is 0.400. The number of aliphatic hydroxyl groups excluding tert-OH is 1. The summed E-state index contributed by atoms with van der Waals surface area (Å²) in [6.45, 7) is 1.78. The van der Waals surface area contributed by atoms with Gasteiger partial charge >= 0.3 is 0 Å². The number of nitrogens with zero attached hydrogens (tertiary/aromatic N) is 5. The van der Waals surface area contributed by atoms with Gasteiger partial charge in [-0.25, -0.2) is 9.97 Å². The molecule has 3 aromatic heterocycles. The minimum absolute atomic E-state index is 0.164. The third-order valence-electron chi connectivity index (χ3n) is 4.46. The molecule has 7 heteroatoms. The lowest BCUT2D eigenvalue weighted by molar-refractivity contribution is 0.227. The van der Waals surface area contributed by atoms with E-state index in [1.807, 2.05) is 36.4 Å². The van der Waals surface area contributed by atoms with Crippen LogP contribution in [0.2, 0.25) is 0 Å². The molecule has 0 radical (unpaired) electrons. The van der Waals surface area contributed by atoms with Crippen LogP contribution in [-0.4, -0.2) is 49.5 Å². The molecule has 7 nitrogen and oxygen atoms in total. The maximum absolute atomic E-state index is 9.75. The summed E-state index contributed by atoms with van der Waals surface area (Å²) in [5, 5.41) is 15.0. The number of H-pyrrole nitrogens is 1. The van der Waals surface area contributed by atoms with E-state index < -0.39 is 0 Å². The zero-order valence-electron chi connectivity index (χ0n) is 12.3. The van der Waals surface area contributed by atoms with Crippen molar-refractivity contribution < 1.29 is 5.11 Å². The van der Waals surface area contributed by atoms with Crippen molar-refractivity contribution in [3.8, 4) is 0 Å². The Morgan fingerprint density at radius 3 is 3.05 bits per heavy atom. The van der Waals surface area contributed by atoms with E-state index in [2.05, 4.69) is 25.0 Å². The van der Waals surface area contributed by atoms with Crippen LogP contribution in [0, 0.1) is 5.92 Å². The number of anilines is 1. The molecule has 0 spiro atoms. The minimum Gasteiger partial charge on any atom is -0.396 e.